The average Bonchev–Trinajstić information content (AvgIpc) is 2.94. The molecule has 94 valence electrons. The van der Waals surface area contributed by atoms with Gasteiger partial charge in [-0.15, -0.1) is 0 Å². The molecule has 0 atom stereocenters. The van der Waals surface area contributed by atoms with Crippen molar-refractivity contribution in [1.29, 1.82) is 0 Å². The molecule has 1 fully saturated rings. The first-order valence-electron chi connectivity index (χ1n) is 6.04. The fourth-order valence-electron chi connectivity index (χ4n) is 2.18. The van der Waals surface area contributed by atoms with E-state index in [0.717, 1.165) is 34.7 Å². The van der Waals surface area contributed by atoms with Gasteiger partial charge >= 0.3 is 0 Å². The largest absolute Gasteiger partial charge is 0.496 e. The summed E-state index contributed by atoms with van der Waals surface area (Å²) in [5, 5.41) is 10.7. The van der Waals surface area contributed by atoms with Crippen LogP contribution in [0.3, 0.4) is 0 Å². The highest BCUT2D eigenvalue weighted by Gasteiger charge is 2.40. The van der Waals surface area contributed by atoms with Gasteiger partial charge in [-0.25, -0.2) is 0 Å². The van der Waals surface area contributed by atoms with Gasteiger partial charge in [0.05, 0.1) is 12.7 Å². The molecule has 0 amide bonds. The lowest BCUT2D eigenvalue weighted by atomic mass is 9.97. The highest BCUT2D eigenvalue weighted by molar-refractivity contribution is 6.31. The summed E-state index contributed by atoms with van der Waals surface area (Å²) in [6, 6.07) is 3.95. The van der Waals surface area contributed by atoms with E-state index in [4.69, 9.17) is 16.3 Å². The molecule has 0 radical (unpaired) electrons. The Kier molecular flexibility index (Phi) is 3.37. The molecule has 0 unspecified atom stereocenters. The molecule has 2 nitrogen and oxygen atoms in total. The maximum absolute atomic E-state index is 9.93. The molecule has 0 heterocycles. The van der Waals surface area contributed by atoms with Crippen LogP contribution in [-0.4, -0.2) is 17.8 Å². The summed E-state index contributed by atoms with van der Waals surface area (Å²) in [5.41, 5.74) is 1.60. The van der Waals surface area contributed by atoms with Gasteiger partial charge in [0.15, 0.2) is 0 Å². The Morgan fingerprint density at radius 3 is 2.53 bits per heavy atom. The van der Waals surface area contributed by atoms with E-state index in [-0.39, 0.29) is 0 Å². The number of rotatable bonds is 4. The van der Waals surface area contributed by atoms with Crippen molar-refractivity contribution in [2.24, 2.45) is 0 Å². The topological polar surface area (TPSA) is 29.5 Å². The average molecular weight is 255 g/mol. The van der Waals surface area contributed by atoms with E-state index in [2.05, 4.69) is 13.8 Å². The lowest BCUT2D eigenvalue weighted by molar-refractivity contribution is 0.151. The van der Waals surface area contributed by atoms with Crippen LogP contribution in [-0.2, 0) is 6.42 Å². The van der Waals surface area contributed by atoms with Crippen LogP contribution in [0.4, 0.5) is 0 Å². The molecule has 0 aromatic heterocycles. The minimum Gasteiger partial charge on any atom is -0.496 e. The molecular weight excluding hydrogens is 236 g/mol. The summed E-state index contributed by atoms with van der Waals surface area (Å²) < 4.78 is 5.40. The van der Waals surface area contributed by atoms with Crippen molar-refractivity contribution in [3.63, 3.8) is 0 Å². The van der Waals surface area contributed by atoms with Gasteiger partial charge in [0, 0.05) is 17.0 Å². The van der Waals surface area contributed by atoms with E-state index >= 15 is 0 Å². The van der Waals surface area contributed by atoms with Crippen LogP contribution in [0, 0.1) is 0 Å². The SMILES string of the molecule is COc1cc(CC2(O)CC2)cc(Cl)c1C(C)C. The summed E-state index contributed by atoms with van der Waals surface area (Å²) in [6.45, 7) is 4.19. The van der Waals surface area contributed by atoms with Crippen molar-refractivity contribution in [2.45, 2.75) is 44.6 Å². The number of methoxy groups -OCH3 is 1. The zero-order valence-corrected chi connectivity index (χ0v) is 11.3. The van der Waals surface area contributed by atoms with Crippen LogP contribution in [0.15, 0.2) is 12.1 Å². The van der Waals surface area contributed by atoms with Gasteiger partial charge in [0.25, 0.3) is 0 Å². The Morgan fingerprint density at radius 1 is 1.41 bits per heavy atom. The zero-order chi connectivity index (χ0) is 12.6. The van der Waals surface area contributed by atoms with Gasteiger partial charge in [0.2, 0.25) is 0 Å². The second kappa shape index (κ2) is 4.51. The predicted molar refractivity (Wildman–Crippen MR) is 70.0 cm³/mol. The fraction of sp³-hybridized carbons (Fsp3) is 0.571. The van der Waals surface area contributed by atoms with Gasteiger partial charge in [-0.05, 0) is 36.5 Å². The molecule has 3 heteroatoms. The Labute approximate surface area is 108 Å². The molecule has 1 saturated carbocycles. The van der Waals surface area contributed by atoms with Gasteiger partial charge in [-0.1, -0.05) is 25.4 Å². The van der Waals surface area contributed by atoms with Crippen molar-refractivity contribution < 1.29 is 9.84 Å². The summed E-state index contributed by atoms with van der Waals surface area (Å²) >= 11 is 6.30. The van der Waals surface area contributed by atoms with Gasteiger partial charge in [-0.2, -0.15) is 0 Å². The summed E-state index contributed by atoms with van der Waals surface area (Å²) in [4.78, 5) is 0. The Bertz CT molecular complexity index is 422. The second-order valence-electron chi connectivity index (χ2n) is 5.25. The predicted octanol–water partition coefficient (Wildman–Crippen LogP) is 3.54. The summed E-state index contributed by atoms with van der Waals surface area (Å²) in [5.74, 6) is 1.15. The van der Waals surface area contributed by atoms with Crippen LogP contribution in [0.1, 0.15) is 43.7 Å². The smallest absolute Gasteiger partial charge is 0.124 e. The van der Waals surface area contributed by atoms with Gasteiger partial charge < -0.3 is 9.84 Å². The van der Waals surface area contributed by atoms with E-state index in [0.29, 0.717) is 12.3 Å². The molecule has 1 aliphatic carbocycles. The molecule has 1 N–H and O–H groups in total. The monoisotopic (exact) mass is 254 g/mol. The standard InChI is InChI=1S/C14H19ClO2/c1-9(2)13-11(15)6-10(7-12(13)17-3)8-14(16)4-5-14/h6-7,9,16H,4-5,8H2,1-3H3. The molecule has 0 spiro atoms. The number of aliphatic hydroxyl groups is 1. The molecule has 2 rings (SSSR count). The molecular formula is C14H19ClO2. The van der Waals surface area contributed by atoms with Crippen molar-refractivity contribution in [2.75, 3.05) is 7.11 Å². The molecule has 1 aromatic carbocycles. The minimum atomic E-state index is -0.492. The number of hydrogen-bond acceptors (Lipinski definition) is 2. The third-order valence-corrected chi connectivity index (χ3v) is 3.62. The fourth-order valence-corrected chi connectivity index (χ4v) is 2.63. The first-order valence-corrected chi connectivity index (χ1v) is 6.42. The molecule has 0 saturated heterocycles. The lowest BCUT2D eigenvalue weighted by Crippen LogP contribution is -2.11. The van der Waals surface area contributed by atoms with Crippen LogP contribution in [0.25, 0.3) is 0 Å². The molecule has 17 heavy (non-hydrogen) atoms. The molecule has 0 bridgehead atoms. The third-order valence-electron chi connectivity index (χ3n) is 3.31. The minimum absolute atomic E-state index is 0.329. The number of ether oxygens (including phenoxy) is 1. The van der Waals surface area contributed by atoms with Gasteiger partial charge in [0.1, 0.15) is 5.75 Å². The van der Waals surface area contributed by atoms with E-state index in [1.54, 1.807) is 7.11 Å². The Balaban J connectivity index is 2.34. The third kappa shape index (κ3) is 2.75. The quantitative estimate of drug-likeness (QED) is 0.891. The highest BCUT2D eigenvalue weighted by Crippen LogP contribution is 2.41. The number of benzene rings is 1. The lowest BCUT2D eigenvalue weighted by Gasteiger charge is -2.16. The Morgan fingerprint density at radius 2 is 2.06 bits per heavy atom. The van der Waals surface area contributed by atoms with Crippen molar-refractivity contribution in [3.8, 4) is 5.75 Å². The van der Waals surface area contributed by atoms with Crippen LogP contribution in [0.2, 0.25) is 5.02 Å². The van der Waals surface area contributed by atoms with Crippen LogP contribution >= 0.6 is 11.6 Å². The maximum Gasteiger partial charge on any atom is 0.124 e. The molecule has 0 aliphatic heterocycles. The maximum atomic E-state index is 9.93. The molecule has 1 aliphatic rings. The van der Waals surface area contributed by atoms with Crippen molar-refractivity contribution >= 4 is 11.6 Å². The first kappa shape index (κ1) is 12.7. The van der Waals surface area contributed by atoms with E-state index in [1.807, 2.05) is 12.1 Å². The summed E-state index contributed by atoms with van der Waals surface area (Å²) in [6.07, 6.45) is 2.44. The second-order valence-corrected chi connectivity index (χ2v) is 5.66. The van der Waals surface area contributed by atoms with Gasteiger partial charge in [-0.3, -0.25) is 0 Å². The van der Waals surface area contributed by atoms with Crippen LogP contribution in [0.5, 0.6) is 5.75 Å². The van der Waals surface area contributed by atoms with Crippen LogP contribution < -0.4 is 4.74 Å². The van der Waals surface area contributed by atoms with E-state index in [1.165, 1.54) is 0 Å². The first-order chi connectivity index (χ1) is 7.95. The van der Waals surface area contributed by atoms with Crippen molar-refractivity contribution in [1.82, 2.24) is 0 Å². The summed E-state index contributed by atoms with van der Waals surface area (Å²) in [7, 11) is 1.66. The zero-order valence-electron chi connectivity index (χ0n) is 10.6. The number of hydrogen-bond donors (Lipinski definition) is 1. The normalized spacial score (nSPS) is 17.3. The highest BCUT2D eigenvalue weighted by atomic mass is 35.5. The number of halogens is 1. The van der Waals surface area contributed by atoms with E-state index < -0.39 is 5.60 Å². The Hall–Kier alpha value is -0.730. The molecule has 1 aromatic rings. The van der Waals surface area contributed by atoms with Crippen molar-refractivity contribution in [3.05, 3.63) is 28.3 Å². The van der Waals surface area contributed by atoms with E-state index in [9.17, 15) is 5.11 Å².